The summed E-state index contributed by atoms with van der Waals surface area (Å²) in [6, 6.07) is 14.3. The van der Waals surface area contributed by atoms with E-state index in [0.717, 1.165) is 0 Å². The molecule has 0 bridgehead atoms. The van der Waals surface area contributed by atoms with Gasteiger partial charge in [-0.2, -0.15) is 0 Å². The number of carbonyl (C=O) groups is 2. The summed E-state index contributed by atoms with van der Waals surface area (Å²) in [6.45, 7) is 0. The Morgan fingerprint density at radius 3 is 2.78 bits per heavy atom. The van der Waals surface area contributed by atoms with Crippen LogP contribution in [0, 0.1) is 0 Å². The van der Waals surface area contributed by atoms with Gasteiger partial charge in [-0.05, 0) is 24.3 Å². The summed E-state index contributed by atoms with van der Waals surface area (Å²) in [5.74, 6) is 0.736. The molecule has 0 aliphatic carbocycles. The molecular formula is C19H19N3O4S. The third kappa shape index (κ3) is 4.79. The topological polar surface area (TPSA) is 89.0 Å². The molecule has 1 aliphatic rings. The Labute approximate surface area is 161 Å². The number of amidine groups is 1. The molecule has 27 heavy (non-hydrogen) atoms. The van der Waals surface area contributed by atoms with Gasteiger partial charge in [0.2, 0.25) is 11.8 Å². The van der Waals surface area contributed by atoms with Crippen molar-refractivity contribution in [2.24, 2.45) is 4.99 Å². The number of hydrogen-bond donors (Lipinski definition) is 2. The van der Waals surface area contributed by atoms with Crippen molar-refractivity contribution >= 4 is 40.1 Å². The number of rotatable bonds is 6. The Hall–Kier alpha value is -3.00. The molecule has 1 heterocycles. The van der Waals surface area contributed by atoms with Gasteiger partial charge in [-0.3, -0.25) is 9.59 Å². The van der Waals surface area contributed by atoms with E-state index in [2.05, 4.69) is 15.6 Å². The minimum atomic E-state index is -0.538. The number of ether oxygens (including phenoxy) is 2. The molecule has 1 aliphatic heterocycles. The summed E-state index contributed by atoms with van der Waals surface area (Å²) >= 11 is 1.23. The summed E-state index contributed by atoms with van der Waals surface area (Å²) in [5.41, 5.74) is 1.23. The number of aliphatic imine (C=N–C) groups is 1. The maximum Gasteiger partial charge on any atom is 0.240 e. The van der Waals surface area contributed by atoms with Crippen LogP contribution < -0.4 is 20.1 Å². The smallest absolute Gasteiger partial charge is 0.240 e. The van der Waals surface area contributed by atoms with E-state index in [1.807, 2.05) is 24.3 Å². The number of para-hydroxylation sites is 2. The van der Waals surface area contributed by atoms with E-state index in [4.69, 9.17) is 9.47 Å². The van der Waals surface area contributed by atoms with Gasteiger partial charge in [0.15, 0.2) is 5.17 Å². The Morgan fingerprint density at radius 2 is 2.00 bits per heavy atom. The Balaban J connectivity index is 1.63. The minimum Gasteiger partial charge on any atom is -0.497 e. The lowest BCUT2D eigenvalue weighted by Crippen LogP contribution is -2.28. The molecule has 2 amide bonds. The van der Waals surface area contributed by atoms with E-state index in [9.17, 15) is 9.59 Å². The largest absolute Gasteiger partial charge is 0.497 e. The van der Waals surface area contributed by atoms with E-state index in [1.54, 1.807) is 31.4 Å². The van der Waals surface area contributed by atoms with Crippen LogP contribution in [0.5, 0.6) is 11.5 Å². The van der Waals surface area contributed by atoms with E-state index in [1.165, 1.54) is 18.9 Å². The average molecular weight is 385 g/mol. The lowest BCUT2D eigenvalue weighted by molar-refractivity contribution is -0.122. The summed E-state index contributed by atoms with van der Waals surface area (Å²) in [4.78, 5) is 28.9. The highest BCUT2D eigenvalue weighted by molar-refractivity contribution is 8.15. The zero-order chi connectivity index (χ0) is 19.2. The van der Waals surface area contributed by atoms with Crippen molar-refractivity contribution in [1.82, 2.24) is 5.32 Å². The fourth-order valence-electron chi connectivity index (χ4n) is 2.51. The van der Waals surface area contributed by atoms with Crippen molar-refractivity contribution in [3.63, 3.8) is 0 Å². The number of thioether (sulfide) groups is 1. The number of methoxy groups -OCH3 is 2. The van der Waals surface area contributed by atoms with Crippen molar-refractivity contribution < 1.29 is 19.1 Å². The molecule has 0 unspecified atom stereocenters. The highest BCUT2D eigenvalue weighted by Gasteiger charge is 2.32. The molecule has 2 aromatic rings. The van der Waals surface area contributed by atoms with Crippen molar-refractivity contribution in [3.8, 4) is 11.5 Å². The van der Waals surface area contributed by atoms with Crippen molar-refractivity contribution in [2.75, 3.05) is 19.5 Å². The van der Waals surface area contributed by atoms with Gasteiger partial charge in [0.1, 0.15) is 16.7 Å². The zero-order valence-electron chi connectivity index (χ0n) is 14.9. The average Bonchev–Trinajstić information content (AvgIpc) is 3.01. The number of hydrogen-bond acceptors (Lipinski definition) is 6. The second-order valence-corrected chi connectivity index (χ2v) is 6.86. The van der Waals surface area contributed by atoms with Crippen molar-refractivity contribution in [1.29, 1.82) is 0 Å². The Morgan fingerprint density at radius 1 is 1.19 bits per heavy atom. The predicted molar refractivity (Wildman–Crippen MR) is 106 cm³/mol. The van der Waals surface area contributed by atoms with Crippen LogP contribution in [-0.2, 0) is 9.59 Å². The minimum absolute atomic E-state index is 0.0334. The number of nitrogens with one attached hydrogen (secondary N) is 2. The first-order valence-corrected chi connectivity index (χ1v) is 9.10. The number of amides is 2. The van der Waals surface area contributed by atoms with E-state index in [-0.39, 0.29) is 18.2 Å². The molecule has 0 aromatic heterocycles. The first kappa shape index (κ1) is 18.8. The standard InChI is InChI=1S/C19H19N3O4S/c1-25-13-7-5-6-12(10-13)20-19-22-18(24)16(27-19)11-17(23)21-14-8-3-4-9-15(14)26-2/h3-10,16H,11H2,1-2H3,(H,21,23)(H,20,22,24)/t16-/m1/s1. The molecule has 0 spiro atoms. The maximum absolute atomic E-state index is 12.3. The van der Waals surface area contributed by atoms with Crippen molar-refractivity contribution in [3.05, 3.63) is 48.5 Å². The molecule has 1 saturated heterocycles. The number of anilines is 1. The van der Waals surface area contributed by atoms with Gasteiger partial charge in [-0.15, -0.1) is 0 Å². The van der Waals surface area contributed by atoms with Crippen LogP contribution in [0.1, 0.15) is 6.42 Å². The Bertz CT molecular complexity index is 885. The number of benzene rings is 2. The van der Waals surface area contributed by atoms with Gasteiger partial charge in [0.05, 0.1) is 25.6 Å². The van der Waals surface area contributed by atoms with Gasteiger partial charge < -0.3 is 20.1 Å². The third-order valence-corrected chi connectivity index (χ3v) is 4.89. The van der Waals surface area contributed by atoms with Crippen LogP contribution in [0.2, 0.25) is 0 Å². The van der Waals surface area contributed by atoms with Crippen LogP contribution in [0.15, 0.2) is 53.5 Å². The lowest BCUT2D eigenvalue weighted by Gasteiger charge is -2.10. The SMILES string of the molecule is COc1cccc(N=C2NC(=O)[C@@H](CC(=O)Nc3ccccc3OC)S2)c1. The molecule has 2 N–H and O–H groups in total. The van der Waals surface area contributed by atoms with Crippen LogP contribution in [0.3, 0.4) is 0 Å². The lowest BCUT2D eigenvalue weighted by atomic mass is 10.2. The monoisotopic (exact) mass is 385 g/mol. The van der Waals surface area contributed by atoms with Crippen molar-refractivity contribution in [2.45, 2.75) is 11.7 Å². The molecule has 140 valence electrons. The van der Waals surface area contributed by atoms with Gasteiger partial charge in [-0.1, -0.05) is 30.0 Å². The molecular weight excluding hydrogens is 366 g/mol. The van der Waals surface area contributed by atoms with Gasteiger partial charge in [0, 0.05) is 12.5 Å². The third-order valence-electron chi connectivity index (χ3n) is 3.81. The quantitative estimate of drug-likeness (QED) is 0.798. The number of nitrogens with zero attached hydrogens (tertiary/aromatic N) is 1. The van der Waals surface area contributed by atoms with Crippen LogP contribution in [0.4, 0.5) is 11.4 Å². The highest BCUT2D eigenvalue weighted by Crippen LogP contribution is 2.28. The van der Waals surface area contributed by atoms with Crippen LogP contribution in [-0.4, -0.2) is 36.5 Å². The van der Waals surface area contributed by atoms with E-state index in [0.29, 0.717) is 28.0 Å². The van der Waals surface area contributed by atoms with E-state index >= 15 is 0 Å². The molecule has 0 radical (unpaired) electrons. The van der Waals surface area contributed by atoms with Gasteiger partial charge >= 0.3 is 0 Å². The molecule has 0 saturated carbocycles. The van der Waals surface area contributed by atoms with Gasteiger partial charge in [-0.25, -0.2) is 4.99 Å². The normalized spacial score (nSPS) is 17.5. The zero-order valence-corrected chi connectivity index (χ0v) is 15.7. The molecule has 1 atom stereocenters. The van der Waals surface area contributed by atoms with Crippen LogP contribution in [0.25, 0.3) is 0 Å². The summed E-state index contributed by atoms with van der Waals surface area (Å²) < 4.78 is 10.4. The first-order valence-electron chi connectivity index (χ1n) is 8.22. The maximum atomic E-state index is 12.3. The molecule has 7 nitrogen and oxygen atoms in total. The fraction of sp³-hybridized carbons (Fsp3) is 0.211. The molecule has 2 aromatic carbocycles. The highest BCUT2D eigenvalue weighted by atomic mass is 32.2. The predicted octanol–water partition coefficient (Wildman–Crippen LogP) is 2.95. The van der Waals surface area contributed by atoms with E-state index < -0.39 is 5.25 Å². The fourth-order valence-corrected chi connectivity index (χ4v) is 3.49. The molecule has 3 rings (SSSR count). The summed E-state index contributed by atoms with van der Waals surface area (Å²) in [5, 5.41) is 5.41. The summed E-state index contributed by atoms with van der Waals surface area (Å²) in [6.07, 6.45) is 0.0334. The van der Waals surface area contributed by atoms with Crippen LogP contribution >= 0.6 is 11.8 Å². The molecule has 1 fully saturated rings. The number of carbonyl (C=O) groups excluding carboxylic acids is 2. The molecule has 8 heteroatoms. The second kappa shape index (κ2) is 8.59. The second-order valence-electron chi connectivity index (χ2n) is 5.67. The van der Waals surface area contributed by atoms with Gasteiger partial charge in [0.25, 0.3) is 0 Å². The first-order chi connectivity index (χ1) is 13.1. The summed E-state index contributed by atoms with van der Waals surface area (Å²) in [7, 11) is 3.11. The Kier molecular flexibility index (Phi) is 5.97.